The van der Waals surface area contributed by atoms with E-state index in [0.29, 0.717) is 0 Å². The Balaban J connectivity index is 1.45. The number of H-pyrrole nitrogens is 2. The van der Waals surface area contributed by atoms with Gasteiger partial charge in [0.2, 0.25) is 0 Å². The van der Waals surface area contributed by atoms with Gasteiger partial charge in [0.1, 0.15) is 11.6 Å². The second kappa shape index (κ2) is 6.26. The topological polar surface area (TPSA) is 70.2 Å². The molecule has 5 nitrogen and oxygen atoms in total. The summed E-state index contributed by atoms with van der Waals surface area (Å²) in [6.07, 6.45) is 3.90. The fraction of sp³-hybridized carbons (Fsp3) is 0.148. The maximum Gasteiger partial charge on any atom is 0.104 e. The van der Waals surface area contributed by atoms with Gasteiger partial charge in [0.25, 0.3) is 0 Å². The van der Waals surface area contributed by atoms with Gasteiger partial charge in [-0.1, -0.05) is 30.3 Å². The summed E-state index contributed by atoms with van der Waals surface area (Å²) in [5.74, 6) is 1.91. The van der Waals surface area contributed by atoms with Gasteiger partial charge < -0.3 is 9.97 Å². The van der Waals surface area contributed by atoms with Gasteiger partial charge in [0, 0.05) is 33.6 Å². The Bertz CT molecular complexity index is 1700. The van der Waals surface area contributed by atoms with Crippen molar-refractivity contribution >= 4 is 32.7 Å². The Hall–Kier alpha value is -3.99. The minimum atomic E-state index is 0.921. The fourth-order valence-electron chi connectivity index (χ4n) is 5.25. The molecule has 3 heterocycles. The molecule has 0 bridgehead atoms. The molecule has 2 N–H and O–H groups in total. The number of nitrogens with one attached hydrogen (secondary N) is 2. The van der Waals surface area contributed by atoms with E-state index in [4.69, 9.17) is 15.0 Å². The van der Waals surface area contributed by atoms with E-state index in [9.17, 15) is 0 Å². The first kappa shape index (κ1) is 17.7. The first-order chi connectivity index (χ1) is 15.7. The molecule has 5 heteroatoms. The number of benzene rings is 3. The maximum atomic E-state index is 4.74. The number of imidazole rings is 2. The van der Waals surface area contributed by atoms with Gasteiger partial charge in [-0.3, -0.25) is 4.98 Å². The third-order valence-corrected chi connectivity index (χ3v) is 6.66. The fourth-order valence-corrected chi connectivity index (χ4v) is 5.25. The molecule has 3 aromatic carbocycles. The molecular formula is C27H21N5. The Morgan fingerprint density at radius 3 is 2.53 bits per heavy atom. The highest BCUT2D eigenvalue weighted by Crippen LogP contribution is 2.38. The molecule has 0 radical (unpaired) electrons. The molecule has 0 spiro atoms. The zero-order valence-corrected chi connectivity index (χ0v) is 18.0. The predicted molar refractivity (Wildman–Crippen MR) is 129 cm³/mol. The molecule has 0 saturated carbocycles. The number of pyridine rings is 1. The summed E-state index contributed by atoms with van der Waals surface area (Å²) < 4.78 is 0. The number of aromatic amines is 2. The van der Waals surface area contributed by atoms with Crippen LogP contribution in [0.5, 0.6) is 0 Å². The van der Waals surface area contributed by atoms with E-state index in [0.717, 1.165) is 62.9 Å². The van der Waals surface area contributed by atoms with Crippen molar-refractivity contribution in [3.05, 3.63) is 77.6 Å². The van der Waals surface area contributed by atoms with E-state index in [1.807, 2.05) is 26.1 Å². The van der Waals surface area contributed by atoms with Gasteiger partial charge in [0.15, 0.2) is 0 Å². The second-order valence-corrected chi connectivity index (χ2v) is 8.73. The molecule has 0 amide bonds. The maximum absolute atomic E-state index is 4.74. The smallest absolute Gasteiger partial charge is 0.104 e. The van der Waals surface area contributed by atoms with E-state index in [1.165, 1.54) is 27.9 Å². The molecule has 6 aromatic rings. The standard InChI is InChI=1S/C27H21N5/c1-14-29-23-10-7-18-12-16(5-8-19(18)25(23)30-14)17-6-9-20-22(13-17)24-21(4-3-11-28-24)27-26(20)31-15(2)32-27/h3-6,8-9,11-13H,7,10H2,1-2H3,(H,29,30)(H,31,32). The number of hydrogen-bond acceptors (Lipinski definition) is 3. The third kappa shape index (κ3) is 2.42. The van der Waals surface area contributed by atoms with Crippen LogP contribution < -0.4 is 0 Å². The van der Waals surface area contributed by atoms with Crippen molar-refractivity contribution in [1.29, 1.82) is 0 Å². The minimum absolute atomic E-state index is 0.921. The molecular weight excluding hydrogens is 394 g/mol. The molecule has 0 saturated heterocycles. The van der Waals surface area contributed by atoms with Crippen LogP contribution >= 0.6 is 0 Å². The van der Waals surface area contributed by atoms with Gasteiger partial charge >= 0.3 is 0 Å². The van der Waals surface area contributed by atoms with Crippen LogP contribution in [0.1, 0.15) is 22.9 Å². The van der Waals surface area contributed by atoms with Crippen molar-refractivity contribution in [2.75, 3.05) is 0 Å². The minimum Gasteiger partial charge on any atom is -0.346 e. The zero-order valence-electron chi connectivity index (χ0n) is 18.0. The number of aryl methyl sites for hydroxylation is 4. The van der Waals surface area contributed by atoms with Gasteiger partial charge in [-0.05, 0) is 61.6 Å². The first-order valence-electron chi connectivity index (χ1n) is 11.0. The highest BCUT2D eigenvalue weighted by molar-refractivity contribution is 6.22. The van der Waals surface area contributed by atoms with Crippen molar-refractivity contribution in [3.63, 3.8) is 0 Å². The average Bonchev–Trinajstić information content (AvgIpc) is 3.40. The van der Waals surface area contributed by atoms with Crippen LogP contribution in [-0.2, 0) is 12.8 Å². The molecule has 3 aromatic heterocycles. The lowest BCUT2D eigenvalue weighted by atomic mass is 9.89. The Kier molecular flexibility index (Phi) is 3.46. The summed E-state index contributed by atoms with van der Waals surface area (Å²) in [6, 6.07) is 17.6. The van der Waals surface area contributed by atoms with Crippen molar-refractivity contribution in [2.45, 2.75) is 26.7 Å². The van der Waals surface area contributed by atoms with Gasteiger partial charge in [-0.25, -0.2) is 9.97 Å². The van der Waals surface area contributed by atoms with Gasteiger partial charge in [-0.2, -0.15) is 0 Å². The van der Waals surface area contributed by atoms with Crippen molar-refractivity contribution in [2.24, 2.45) is 0 Å². The van der Waals surface area contributed by atoms with Crippen LogP contribution in [0, 0.1) is 13.8 Å². The van der Waals surface area contributed by atoms with Crippen molar-refractivity contribution < 1.29 is 0 Å². The zero-order chi connectivity index (χ0) is 21.4. The first-order valence-corrected chi connectivity index (χ1v) is 11.0. The number of nitrogens with zero attached hydrogens (tertiary/aromatic N) is 3. The molecule has 0 fully saturated rings. The van der Waals surface area contributed by atoms with Crippen molar-refractivity contribution in [1.82, 2.24) is 24.9 Å². The van der Waals surface area contributed by atoms with Gasteiger partial charge in [0.05, 0.1) is 22.2 Å². The van der Waals surface area contributed by atoms with E-state index in [1.54, 1.807) is 0 Å². The summed E-state index contributed by atoms with van der Waals surface area (Å²) in [5, 5.41) is 3.39. The number of aromatic nitrogens is 5. The Morgan fingerprint density at radius 1 is 0.750 bits per heavy atom. The lowest BCUT2D eigenvalue weighted by molar-refractivity contribution is 0.905. The second-order valence-electron chi connectivity index (χ2n) is 8.73. The highest BCUT2D eigenvalue weighted by Gasteiger charge is 2.20. The quantitative estimate of drug-likeness (QED) is 0.322. The summed E-state index contributed by atoms with van der Waals surface area (Å²) in [4.78, 5) is 21.1. The molecule has 32 heavy (non-hydrogen) atoms. The largest absolute Gasteiger partial charge is 0.346 e. The SMILES string of the molecule is Cc1nc2c([nH]1)CCc1cc(-c3ccc4c(c3)c3ncccc3c3nc(C)[nH]c43)ccc1-2. The summed E-state index contributed by atoms with van der Waals surface area (Å²) in [7, 11) is 0. The lowest BCUT2D eigenvalue weighted by Gasteiger charge is -2.17. The Labute approximate surface area is 184 Å². The van der Waals surface area contributed by atoms with Crippen LogP contribution in [-0.4, -0.2) is 24.9 Å². The van der Waals surface area contributed by atoms with Crippen LogP contribution in [0.25, 0.3) is 55.1 Å². The predicted octanol–water partition coefficient (Wildman–Crippen LogP) is 6.04. The van der Waals surface area contributed by atoms with E-state index >= 15 is 0 Å². The molecule has 7 rings (SSSR count). The highest BCUT2D eigenvalue weighted by atomic mass is 14.9. The van der Waals surface area contributed by atoms with Crippen molar-refractivity contribution in [3.8, 4) is 22.4 Å². The monoisotopic (exact) mass is 415 g/mol. The van der Waals surface area contributed by atoms with Crippen LogP contribution in [0.4, 0.5) is 0 Å². The number of rotatable bonds is 1. The average molecular weight is 416 g/mol. The normalized spacial score (nSPS) is 13.1. The number of fused-ring (bicyclic) bond motifs is 9. The summed E-state index contributed by atoms with van der Waals surface area (Å²) in [6.45, 7) is 4.03. The van der Waals surface area contributed by atoms with Crippen LogP contribution in [0.3, 0.4) is 0 Å². The van der Waals surface area contributed by atoms with Crippen LogP contribution in [0.15, 0.2) is 54.7 Å². The van der Waals surface area contributed by atoms with E-state index in [-0.39, 0.29) is 0 Å². The molecule has 154 valence electrons. The molecule has 0 aliphatic heterocycles. The van der Waals surface area contributed by atoms with Gasteiger partial charge in [-0.15, -0.1) is 0 Å². The summed E-state index contributed by atoms with van der Waals surface area (Å²) in [5.41, 5.74) is 10.5. The number of hydrogen-bond donors (Lipinski definition) is 2. The molecule has 1 aliphatic carbocycles. The Morgan fingerprint density at radius 2 is 1.59 bits per heavy atom. The van der Waals surface area contributed by atoms with E-state index in [2.05, 4.69) is 52.4 Å². The molecule has 0 atom stereocenters. The lowest BCUT2D eigenvalue weighted by Crippen LogP contribution is -2.03. The van der Waals surface area contributed by atoms with Crippen LogP contribution in [0.2, 0.25) is 0 Å². The summed E-state index contributed by atoms with van der Waals surface area (Å²) >= 11 is 0. The third-order valence-electron chi connectivity index (χ3n) is 6.66. The molecule has 1 aliphatic rings. The molecule has 0 unspecified atom stereocenters. The van der Waals surface area contributed by atoms with E-state index < -0.39 is 0 Å².